The highest BCUT2D eigenvalue weighted by molar-refractivity contribution is 8.00. The van der Waals surface area contributed by atoms with Crippen LogP contribution in [0.3, 0.4) is 0 Å². The topological polar surface area (TPSA) is 138 Å². The molecule has 1 amide bonds. The first-order valence-corrected chi connectivity index (χ1v) is 9.91. The lowest BCUT2D eigenvalue weighted by atomic mass is 10.3. The van der Waals surface area contributed by atoms with Crippen LogP contribution in [-0.2, 0) is 4.79 Å². The normalized spacial score (nSPS) is 10.7. The Balaban J connectivity index is 1.46. The molecule has 0 aliphatic rings. The van der Waals surface area contributed by atoms with Crippen molar-refractivity contribution < 1.29 is 14.5 Å². The summed E-state index contributed by atoms with van der Waals surface area (Å²) < 4.78 is 6.75. The smallest absolute Gasteiger partial charge is 0.269 e. The molecule has 11 nitrogen and oxygen atoms in total. The van der Waals surface area contributed by atoms with Crippen LogP contribution in [0.5, 0.6) is 5.75 Å². The number of benzene rings is 2. The minimum absolute atomic E-state index is 0.0456. The average Bonchev–Trinajstić information content (AvgIpc) is 3.23. The number of aromatic nitrogens is 5. The van der Waals surface area contributed by atoms with E-state index in [9.17, 15) is 14.9 Å². The summed E-state index contributed by atoms with van der Waals surface area (Å²) in [5, 5.41) is 22.2. The number of carbonyl (C=O) groups is 1. The van der Waals surface area contributed by atoms with Crippen LogP contribution in [0.1, 0.15) is 0 Å². The molecule has 0 radical (unpaired) electrons. The lowest BCUT2D eigenvalue weighted by Crippen LogP contribution is -2.14. The van der Waals surface area contributed by atoms with Crippen molar-refractivity contribution in [1.29, 1.82) is 0 Å². The molecule has 0 bridgehead atoms. The number of nitro benzene ring substituents is 1. The average molecular weight is 437 g/mol. The minimum atomic E-state index is -0.499. The third-order valence-electron chi connectivity index (χ3n) is 4.22. The monoisotopic (exact) mass is 437 g/mol. The van der Waals surface area contributed by atoms with Gasteiger partial charge in [0.05, 0.1) is 23.5 Å². The minimum Gasteiger partial charge on any atom is -0.497 e. The molecule has 0 atom stereocenters. The van der Waals surface area contributed by atoms with Gasteiger partial charge in [0.1, 0.15) is 17.1 Å². The van der Waals surface area contributed by atoms with E-state index in [4.69, 9.17) is 4.74 Å². The summed E-state index contributed by atoms with van der Waals surface area (Å²) >= 11 is 1.19. The van der Waals surface area contributed by atoms with Gasteiger partial charge in [0.25, 0.3) is 5.69 Å². The molecule has 0 aliphatic carbocycles. The van der Waals surface area contributed by atoms with Crippen molar-refractivity contribution in [1.82, 2.24) is 25.0 Å². The van der Waals surface area contributed by atoms with Crippen molar-refractivity contribution in [2.45, 2.75) is 5.03 Å². The van der Waals surface area contributed by atoms with E-state index in [0.29, 0.717) is 21.9 Å². The molecule has 12 heteroatoms. The number of nitro groups is 1. The molecule has 0 saturated heterocycles. The summed E-state index contributed by atoms with van der Waals surface area (Å²) in [4.78, 5) is 30.9. The van der Waals surface area contributed by atoms with Crippen molar-refractivity contribution in [2.75, 3.05) is 18.2 Å². The zero-order valence-electron chi connectivity index (χ0n) is 16.1. The largest absolute Gasteiger partial charge is 0.497 e. The third kappa shape index (κ3) is 4.43. The van der Waals surface area contributed by atoms with Crippen molar-refractivity contribution in [3.05, 3.63) is 65.0 Å². The second-order valence-electron chi connectivity index (χ2n) is 6.19. The van der Waals surface area contributed by atoms with Gasteiger partial charge in [0.2, 0.25) is 5.91 Å². The fourth-order valence-electron chi connectivity index (χ4n) is 2.73. The van der Waals surface area contributed by atoms with Crippen LogP contribution in [0.25, 0.3) is 16.9 Å². The maximum absolute atomic E-state index is 12.3. The van der Waals surface area contributed by atoms with Crippen LogP contribution in [0, 0.1) is 10.1 Å². The molecular weight excluding hydrogens is 422 g/mol. The number of rotatable bonds is 7. The van der Waals surface area contributed by atoms with Crippen LogP contribution in [0.15, 0.2) is 59.9 Å². The molecule has 156 valence electrons. The van der Waals surface area contributed by atoms with E-state index in [1.807, 2.05) is 24.3 Å². The number of methoxy groups -OCH3 is 1. The van der Waals surface area contributed by atoms with Gasteiger partial charge in [0, 0.05) is 17.8 Å². The molecule has 2 aromatic heterocycles. The van der Waals surface area contributed by atoms with Crippen molar-refractivity contribution in [2.24, 2.45) is 0 Å². The number of hydrogen-bond donors (Lipinski definition) is 1. The van der Waals surface area contributed by atoms with Gasteiger partial charge in [-0.1, -0.05) is 17.0 Å². The van der Waals surface area contributed by atoms with Crippen LogP contribution in [0.4, 0.5) is 11.4 Å². The number of nitrogens with zero attached hydrogens (tertiary/aromatic N) is 6. The second-order valence-corrected chi connectivity index (χ2v) is 7.16. The van der Waals surface area contributed by atoms with E-state index < -0.39 is 4.92 Å². The highest BCUT2D eigenvalue weighted by Gasteiger charge is 2.15. The molecule has 2 aromatic carbocycles. The van der Waals surface area contributed by atoms with E-state index in [0.717, 1.165) is 11.4 Å². The fourth-order valence-corrected chi connectivity index (χ4v) is 3.46. The molecule has 0 saturated carbocycles. The fraction of sp³-hybridized carbons (Fsp3) is 0.105. The molecule has 0 spiro atoms. The van der Waals surface area contributed by atoms with Gasteiger partial charge in [0.15, 0.2) is 11.2 Å². The summed E-state index contributed by atoms with van der Waals surface area (Å²) in [5.41, 5.74) is 2.17. The lowest BCUT2D eigenvalue weighted by Gasteiger charge is -2.05. The Bertz CT molecular complexity index is 1240. The Morgan fingerprint density at radius 2 is 1.90 bits per heavy atom. The SMILES string of the molecule is COc1ccc(-n2nnc3c(SCC(=O)Nc4ccc([N+](=O)[O-])cc4)ncnc32)cc1. The van der Waals surface area contributed by atoms with Gasteiger partial charge < -0.3 is 10.1 Å². The van der Waals surface area contributed by atoms with Crippen molar-refractivity contribution in [3.8, 4) is 11.4 Å². The van der Waals surface area contributed by atoms with Crippen LogP contribution < -0.4 is 10.1 Å². The van der Waals surface area contributed by atoms with Crippen LogP contribution >= 0.6 is 11.8 Å². The maximum Gasteiger partial charge on any atom is 0.269 e. The Labute approximate surface area is 179 Å². The molecule has 0 aliphatic heterocycles. The first-order valence-electron chi connectivity index (χ1n) is 8.93. The standard InChI is InChI=1S/C19H15N7O4S/c1-30-15-8-6-13(7-9-15)25-18-17(23-24-25)19(21-11-20-18)31-10-16(27)22-12-2-4-14(5-3-12)26(28)29/h2-9,11H,10H2,1H3,(H,22,27). The first-order chi connectivity index (χ1) is 15.0. The lowest BCUT2D eigenvalue weighted by molar-refractivity contribution is -0.384. The Morgan fingerprint density at radius 1 is 1.16 bits per heavy atom. The van der Waals surface area contributed by atoms with E-state index >= 15 is 0 Å². The number of carbonyl (C=O) groups excluding carboxylic acids is 1. The number of nitrogens with one attached hydrogen (secondary N) is 1. The molecule has 1 N–H and O–H groups in total. The van der Waals surface area contributed by atoms with Gasteiger partial charge in [-0.15, -0.1) is 5.10 Å². The number of non-ortho nitro benzene ring substituents is 1. The number of amides is 1. The Hall–Kier alpha value is -4.06. The van der Waals surface area contributed by atoms with E-state index in [1.165, 1.54) is 42.4 Å². The molecule has 4 aromatic rings. The summed E-state index contributed by atoms with van der Waals surface area (Å²) in [6.45, 7) is 0. The summed E-state index contributed by atoms with van der Waals surface area (Å²) in [6, 6.07) is 12.9. The number of ether oxygens (including phenoxy) is 1. The zero-order valence-corrected chi connectivity index (χ0v) is 16.9. The number of thioether (sulfide) groups is 1. The number of anilines is 1. The van der Waals surface area contributed by atoms with Gasteiger partial charge in [-0.2, -0.15) is 4.68 Å². The summed E-state index contributed by atoms with van der Waals surface area (Å²) in [6.07, 6.45) is 1.39. The van der Waals surface area contributed by atoms with Gasteiger partial charge in [-0.3, -0.25) is 14.9 Å². The second kappa shape index (κ2) is 8.75. The number of fused-ring (bicyclic) bond motifs is 1. The van der Waals surface area contributed by atoms with Crippen LogP contribution in [-0.4, -0.2) is 48.7 Å². The molecule has 0 fully saturated rings. The van der Waals surface area contributed by atoms with E-state index in [1.54, 1.807) is 11.8 Å². The number of hydrogen-bond acceptors (Lipinski definition) is 9. The summed E-state index contributed by atoms with van der Waals surface area (Å²) in [5.74, 6) is 0.504. The predicted molar refractivity (Wildman–Crippen MR) is 113 cm³/mol. The molecule has 4 rings (SSSR count). The van der Waals surface area contributed by atoms with E-state index in [2.05, 4.69) is 25.6 Å². The first kappa shape index (κ1) is 20.2. The molecule has 31 heavy (non-hydrogen) atoms. The zero-order chi connectivity index (χ0) is 21.8. The molecule has 0 unspecified atom stereocenters. The summed E-state index contributed by atoms with van der Waals surface area (Å²) in [7, 11) is 1.59. The molecular formula is C19H15N7O4S. The predicted octanol–water partition coefficient (Wildman–Crippen LogP) is 2.86. The van der Waals surface area contributed by atoms with Crippen LogP contribution in [0.2, 0.25) is 0 Å². The van der Waals surface area contributed by atoms with Crippen molar-refractivity contribution in [3.63, 3.8) is 0 Å². The van der Waals surface area contributed by atoms with Gasteiger partial charge in [-0.25, -0.2) is 9.97 Å². The quantitative estimate of drug-likeness (QED) is 0.200. The van der Waals surface area contributed by atoms with E-state index in [-0.39, 0.29) is 17.3 Å². The Morgan fingerprint density at radius 3 is 2.58 bits per heavy atom. The van der Waals surface area contributed by atoms with Gasteiger partial charge >= 0.3 is 0 Å². The van der Waals surface area contributed by atoms with Crippen molar-refractivity contribution >= 4 is 40.2 Å². The Kier molecular flexibility index (Phi) is 5.71. The van der Waals surface area contributed by atoms with Gasteiger partial charge in [-0.05, 0) is 36.4 Å². The highest BCUT2D eigenvalue weighted by atomic mass is 32.2. The third-order valence-corrected chi connectivity index (χ3v) is 5.20. The molecule has 2 heterocycles. The maximum atomic E-state index is 12.3. The highest BCUT2D eigenvalue weighted by Crippen LogP contribution is 2.25.